The molecular weight excluding hydrogens is 336 g/mol. The van der Waals surface area contributed by atoms with Crippen molar-refractivity contribution in [2.75, 3.05) is 23.5 Å². The lowest BCUT2D eigenvalue weighted by Crippen LogP contribution is -2.37. The van der Waals surface area contributed by atoms with Crippen LogP contribution in [0.25, 0.3) is 0 Å². The van der Waals surface area contributed by atoms with Crippen molar-refractivity contribution in [3.8, 4) is 5.75 Å². The number of aliphatic imine (C=N–C) groups is 1. The van der Waals surface area contributed by atoms with E-state index in [1.165, 1.54) is 11.8 Å². The Kier molecular flexibility index (Phi) is 4.37. The zero-order chi connectivity index (χ0) is 16.6. The van der Waals surface area contributed by atoms with Gasteiger partial charge in [-0.05, 0) is 12.1 Å². The van der Waals surface area contributed by atoms with E-state index in [4.69, 9.17) is 4.74 Å². The molecule has 1 amide bonds. The molecule has 2 heterocycles. The Morgan fingerprint density at radius 3 is 2.83 bits per heavy atom. The fraction of sp³-hybridized carbons (Fsp3) is 0.467. The van der Waals surface area contributed by atoms with Gasteiger partial charge >= 0.3 is 0 Å². The fourth-order valence-corrected chi connectivity index (χ4v) is 6.78. The van der Waals surface area contributed by atoms with Crippen LogP contribution in [0.3, 0.4) is 0 Å². The molecule has 8 heteroatoms. The van der Waals surface area contributed by atoms with Crippen LogP contribution < -0.4 is 9.64 Å². The predicted octanol–water partition coefficient (Wildman–Crippen LogP) is 1.71. The number of carbonyl (C=O) groups excluding carboxylic acids is 1. The summed E-state index contributed by atoms with van der Waals surface area (Å²) in [7, 11) is -1.50. The molecule has 0 aliphatic carbocycles. The standard InChI is InChI=1S/C15H18N2O4S2/c1-3-14(18)16-15-17(10-6-4-5-7-12(10)21-2)11-8-23(19,20)9-13(11)22-15/h4-7,11,13H,3,8-9H2,1-2H3/t11-,13-/m0/s1. The molecule has 0 aromatic heterocycles. The van der Waals surface area contributed by atoms with Gasteiger partial charge in [-0.15, -0.1) is 0 Å². The number of hydrogen-bond acceptors (Lipinski definition) is 5. The Balaban J connectivity index is 2.07. The zero-order valence-corrected chi connectivity index (χ0v) is 14.6. The molecule has 0 saturated carbocycles. The Morgan fingerprint density at radius 1 is 1.39 bits per heavy atom. The molecule has 0 radical (unpaired) electrons. The van der Waals surface area contributed by atoms with Gasteiger partial charge in [-0.2, -0.15) is 4.99 Å². The molecule has 2 saturated heterocycles. The van der Waals surface area contributed by atoms with Crippen molar-refractivity contribution < 1.29 is 17.9 Å². The van der Waals surface area contributed by atoms with Gasteiger partial charge in [-0.1, -0.05) is 30.8 Å². The first-order valence-corrected chi connectivity index (χ1v) is 10.1. The Hall–Kier alpha value is -1.54. The van der Waals surface area contributed by atoms with E-state index in [0.29, 0.717) is 17.3 Å². The van der Waals surface area contributed by atoms with Crippen molar-refractivity contribution in [1.29, 1.82) is 0 Å². The van der Waals surface area contributed by atoms with Crippen LogP contribution in [0.5, 0.6) is 5.75 Å². The summed E-state index contributed by atoms with van der Waals surface area (Å²) in [6.07, 6.45) is 0.317. The quantitative estimate of drug-likeness (QED) is 0.822. The van der Waals surface area contributed by atoms with Gasteiger partial charge in [-0.25, -0.2) is 8.42 Å². The van der Waals surface area contributed by atoms with Crippen molar-refractivity contribution in [1.82, 2.24) is 0 Å². The van der Waals surface area contributed by atoms with E-state index in [-0.39, 0.29) is 28.7 Å². The number of sulfone groups is 1. The molecule has 124 valence electrons. The van der Waals surface area contributed by atoms with Crippen LogP contribution in [-0.2, 0) is 14.6 Å². The van der Waals surface area contributed by atoms with E-state index >= 15 is 0 Å². The predicted molar refractivity (Wildman–Crippen MR) is 92.0 cm³/mol. The van der Waals surface area contributed by atoms with Gasteiger partial charge in [-0.3, -0.25) is 4.79 Å². The summed E-state index contributed by atoms with van der Waals surface area (Å²) in [6, 6.07) is 7.17. The minimum atomic E-state index is -3.07. The summed E-state index contributed by atoms with van der Waals surface area (Å²) in [5, 5.41) is 0.458. The molecule has 2 atom stereocenters. The number of nitrogens with zero attached hydrogens (tertiary/aromatic N) is 2. The van der Waals surface area contributed by atoms with Gasteiger partial charge in [0, 0.05) is 11.7 Å². The smallest absolute Gasteiger partial charge is 0.247 e. The number of thioether (sulfide) groups is 1. The van der Waals surface area contributed by atoms with Crippen molar-refractivity contribution >= 4 is 38.4 Å². The van der Waals surface area contributed by atoms with Crippen LogP contribution in [0, 0.1) is 0 Å². The highest BCUT2D eigenvalue weighted by Gasteiger charge is 2.49. The fourth-order valence-electron chi connectivity index (χ4n) is 2.86. The number of fused-ring (bicyclic) bond motifs is 1. The third-order valence-corrected chi connectivity index (χ3v) is 7.14. The topological polar surface area (TPSA) is 76.0 Å². The minimum absolute atomic E-state index is 0.0715. The Labute approximate surface area is 139 Å². The third kappa shape index (κ3) is 3.10. The molecule has 3 rings (SSSR count). The second-order valence-corrected chi connectivity index (χ2v) is 8.84. The van der Waals surface area contributed by atoms with Gasteiger partial charge in [0.25, 0.3) is 0 Å². The third-order valence-electron chi connectivity index (χ3n) is 3.93. The lowest BCUT2D eigenvalue weighted by atomic mass is 10.2. The van der Waals surface area contributed by atoms with Crippen LogP contribution in [0.15, 0.2) is 29.3 Å². The van der Waals surface area contributed by atoms with Crippen molar-refractivity contribution in [2.45, 2.75) is 24.6 Å². The number of amidine groups is 1. The zero-order valence-electron chi connectivity index (χ0n) is 12.9. The Bertz CT molecular complexity index is 760. The van der Waals surface area contributed by atoms with Gasteiger partial charge < -0.3 is 9.64 Å². The summed E-state index contributed by atoms with van der Waals surface area (Å²) in [5.74, 6) is 0.611. The minimum Gasteiger partial charge on any atom is -0.495 e. The number of anilines is 1. The van der Waals surface area contributed by atoms with E-state index in [1.807, 2.05) is 29.2 Å². The summed E-state index contributed by atoms with van der Waals surface area (Å²) in [4.78, 5) is 17.8. The van der Waals surface area contributed by atoms with Crippen LogP contribution >= 0.6 is 11.8 Å². The van der Waals surface area contributed by atoms with E-state index in [1.54, 1.807) is 14.0 Å². The van der Waals surface area contributed by atoms with Crippen LogP contribution in [0.4, 0.5) is 5.69 Å². The molecule has 2 aliphatic heterocycles. The monoisotopic (exact) mass is 354 g/mol. The summed E-state index contributed by atoms with van der Waals surface area (Å²) in [6.45, 7) is 1.75. The number of hydrogen-bond donors (Lipinski definition) is 0. The average molecular weight is 354 g/mol. The molecule has 6 nitrogen and oxygen atoms in total. The summed E-state index contributed by atoms with van der Waals surface area (Å²) in [5.41, 5.74) is 0.745. The van der Waals surface area contributed by atoms with Gasteiger partial charge in [0.05, 0.1) is 30.3 Å². The number of rotatable bonds is 3. The molecule has 0 unspecified atom stereocenters. The van der Waals surface area contributed by atoms with Gasteiger partial charge in [0.15, 0.2) is 15.0 Å². The highest BCUT2D eigenvalue weighted by Crippen LogP contribution is 2.43. The first-order chi connectivity index (χ1) is 10.9. The SMILES string of the molecule is CCC(=O)N=C1S[C@H]2CS(=O)(=O)C[C@@H]2N1c1ccccc1OC. The normalized spacial score (nSPS) is 27.2. The van der Waals surface area contributed by atoms with Crippen LogP contribution in [0.1, 0.15) is 13.3 Å². The van der Waals surface area contributed by atoms with Gasteiger partial charge in [0.1, 0.15) is 5.75 Å². The number of para-hydroxylation sites is 2. The maximum Gasteiger partial charge on any atom is 0.247 e. The molecule has 0 spiro atoms. The molecule has 0 N–H and O–H groups in total. The first-order valence-electron chi connectivity index (χ1n) is 7.36. The first kappa shape index (κ1) is 16.3. The molecular formula is C15H18N2O4S2. The van der Waals surface area contributed by atoms with E-state index < -0.39 is 9.84 Å². The highest BCUT2D eigenvalue weighted by molar-refractivity contribution is 8.16. The molecule has 23 heavy (non-hydrogen) atoms. The average Bonchev–Trinajstić information content (AvgIpc) is 2.98. The molecule has 0 bridgehead atoms. The lowest BCUT2D eigenvalue weighted by Gasteiger charge is -2.26. The number of amides is 1. The largest absolute Gasteiger partial charge is 0.495 e. The summed E-state index contributed by atoms with van der Waals surface area (Å²) < 4.78 is 29.4. The van der Waals surface area contributed by atoms with E-state index in [2.05, 4.69) is 4.99 Å². The van der Waals surface area contributed by atoms with Crippen LogP contribution in [-0.4, -0.2) is 49.4 Å². The summed E-state index contributed by atoms with van der Waals surface area (Å²) >= 11 is 1.37. The number of ether oxygens (including phenoxy) is 1. The molecule has 1 aromatic carbocycles. The second kappa shape index (κ2) is 6.16. The van der Waals surface area contributed by atoms with E-state index in [9.17, 15) is 13.2 Å². The second-order valence-electron chi connectivity index (χ2n) is 5.48. The molecule has 1 aromatic rings. The van der Waals surface area contributed by atoms with Crippen molar-refractivity contribution in [2.24, 2.45) is 4.99 Å². The van der Waals surface area contributed by atoms with Crippen molar-refractivity contribution in [3.63, 3.8) is 0 Å². The molecule has 2 aliphatic rings. The Morgan fingerprint density at radius 2 is 2.13 bits per heavy atom. The molecule has 2 fully saturated rings. The number of benzene rings is 1. The van der Waals surface area contributed by atoms with Gasteiger partial charge in [0.2, 0.25) is 5.91 Å². The maximum atomic E-state index is 12.0. The van der Waals surface area contributed by atoms with Crippen LogP contribution in [0.2, 0.25) is 0 Å². The van der Waals surface area contributed by atoms with E-state index in [0.717, 1.165) is 5.69 Å². The number of methoxy groups -OCH3 is 1. The maximum absolute atomic E-state index is 12.0. The lowest BCUT2D eigenvalue weighted by molar-refractivity contribution is -0.117. The highest BCUT2D eigenvalue weighted by atomic mass is 32.2. The van der Waals surface area contributed by atoms with Crippen molar-refractivity contribution in [3.05, 3.63) is 24.3 Å². The number of carbonyl (C=O) groups is 1.